The number of carbonyl (C=O) groups is 2. The smallest absolute Gasteiger partial charge is 0.262 e. The summed E-state index contributed by atoms with van der Waals surface area (Å²) in [4.78, 5) is 23.1. The molecule has 6 nitrogen and oxygen atoms in total. The highest BCUT2D eigenvalue weighted by molar-refractivity contribution is 9.10. The van der Waals surface area contributed by atoms with Gasteiger partial charge in [0, 0.05) is 8.95 Å². The van der Waals surface area contributed by atoms with Crippen molar-refractivity contribution in [3.05, 3.63) is 68.6 Å². The fourth-order valence-corrected chi connectivity index (χ4v) is 2.44. The van der Waals surface area contributed by atoms with Gasteiger partial charge in [0.2, 0.25) is 0 Å². The summed E-state index contributed by atoms with van der Waals surface area (Å²) >= 11 is 6.65. The molecule has 8 heteroatoms. The molecule has 0 saturated carbocycles. The molecule has 2 amide bonds. The second-order valence-corrected chi connectivity index (χ2v) is 6.34. The van der Waals surface area contributed by atoms with Gasteiger partial charge in [-0.1, -0.05) is 56.1 Å². The van der Waals surface area contributed by atoms with Crippen molar-refractivity contribution in [1.82, 2.24) is 10.9 Å². The van der Waals surface area contributed by atoms with E-state index < -0.39 is 11.8 Å². The second-order valence-electron chi connectivity index (χ2n) is 4.51. The first-order chi connectivity index (χ1) is 11.5. The normalized spacial score (nSPS) is 10.9. The van der Waals surface area contributed by atoms with Gasteiger partial charge in [-0.05, 0) is 35.4 Å². The number of hydrazone groups is 2. The third kappa shape index (κ3) is 6.05. The van der Waals surface area contributed by atoms with Crippen LogP contribution in [0, 0.1) is 0 Å². The van der Waals surface area contributed by atoms with Crippen LogP contribution in [0.5, 0.6) is 0 Å². The quantitative estimate of drug-likeness (QED) is 0.425. The van der Waals surface area contributed by atoms with Gasteiger partial charge < -0.3 is 0 Å². The zero-order valence-corrected chi connectivity index (χ0v) is 15.4. The first kappa shape index (κ1) is 18.0. The third-order valence-electron chi connectivity index (χ3n) is 2.66. The average Bonchev–Trinajstić information content (AvgIpc) is 2.55. The van der Waals surface area contributed by atoms with Crippen molar-refractivity contribution in [2.45, 2.75) is 0 Å². The Morgan fingerprint density at radius 2 is 1.21 bits per heavy atom. The minimum Gasteiger partial charge on any atom is -0.262 e. The Morgan fingerprint density at radius 3 is 1.58 bits per heavy atom. The van der Waals surface area contributed by atoms with Gasteiger partial charge in [0.15, 0.2) is 0 Å². The molecule has 0 radical (unpaired) electrons. The molecule has 0 aromatic heterocycles. The van der Waals surface area contributed by atoms with Crippen LogP contribution in [0.15, 0.2) is 67.7 Å². The van der Waals surface area contributed by atoms with Gasteiger partial charge in [0.25, 0.3) is 0 Å². The second kappa shape index (κ2) is 9.09. The van der Waals surface area contributed by atoms with Gasteiger partial charge in [-0.3, -0.25) is 9.59 Å². The van der Waals surface area contributed by atoms with E-state index in [1.807, 2.05) is 48.5 Å². The lowest BCUT2D eigenvalue weighted by molar-refractivity contribution is -0.139. The van der Waals surface area contributed by atoms with E-state index in [0.717, 1.165) is 20.1 Å². The highest BCUT2D eigenvalue weighted by Gasteiger charge is 2.10. The van der Waals surface area contributed by atoms with Gasteiger partial charge in [0.1, 0.15) is 0 Å². The Bertz CT molecular complexity index is 739. The third-order valence-corrected chi connectivity index (χ3v) is 3.65. The molecule has 2 rings (SSSR count). The molecule has 0 aliphatic rings. The number of amides is 2. The SMILES string of the molecule is O=C(N/N=C\c1cccc(Br)c1)C(=O)N/N=C\c1cccc(Br)c1. The van der Waals surface area contributed by atoms with Crippen LogP contribution in [-0.2, 0) is 9.59 Å². The maximum absolute atomic E-state index is 11.6. The van der Waals surface area contributed by atoms with Crippen molar-refractivity contribution in [2.75, 3.05) is 0 Å². The minimum atomic E-state index is -0.910. The Kier molecular flexibility index (Phi) is 6.83. The number of halogens is 2. The highest BCUT2D eigenvalue weighted by atomic mass is 79.9. The summed E-state index contributed by atoms with van der Waals surface area (Å²) in [7, 11) is 0. The molecule has 122 valence electrons. The summed E-state index contributed by atoms with van der Waals surface area (Å²) in [6.07, 6.45) is 2.86. The zero-order chi connectivity index (χ0) is 17.4. The van der Waals surface area contributed by atoms with Crippen LogP contribution in [0.2, 0.25) is 0 Å². The molecule has 0 saturated heterocycles. The number of rotatable bonds is 4. The van der Waals surface area contributed by atoms with Gasteiger partial charge >= 0.3 is 11.8 Å². The van der Waals surface area contributed by atoms with E-state index in [-0.39, 0.29) is 0 Å². The molecule has 24 heavy (non-hydrogen) atoms. The summed E-state index contributed by atoms with van der Waals surface area (Å²) in [5.74, 6) is -1.82. The first-order valence-electron chi connectivity index (χ1n) is 6.72. The molecule has 0 aliphatic carbocycles. The summed E-state index contributed by atoms with van der Waals surface area (Å²) < 4.78 is 1.77. The first-order valence-corrected chi connectivity index (χ1v) is 8.31. The van der Waals surface area contributed by atoms with Crippen molar-refractivity contribution in [3.63, 3.8) is 0 Å². The molecule has 0 atom stereocenters. The molecule has 2 aromatic carbocycles. The summed E-state index contributed by atoms with van der Waals surface area (Å²) in [5.41, 5.74) is 5.81. The van der Waals surface area contributed by atoms with Gasteiger partial charge in [0.05, 0.1) is 12.4 Å². The van der Waals surface area contributed by atoms with Crippen molar-refractivity contribution in [2.24, 2.45) is 10.2 Å². The van der Waals surface area contributed by atoms with E-state index in [1.54, 1.807) is 0 Å². The van der Waals surface area contributed by atoms with Gasteiger partial charge in [-0.2, -0.15) is 10.2 Å². The molecule has 0 spiro atoms. The average molecular weight is 452 g/mol. The lowest BCUT2D eigenvalue weighted by Gasteiger charge is -1.99. The topological polar surface area (TPSA) is 82.9 Å². The number of nitrogens with zero attached hydrogens (tertiary/aromatic N) is 2. The molecular formula is C16H12Br2N4O2. The van der Waals surface area contributed by atoms with E-state index in [4.69, 9.17) is 0 Å². The van der Waals surface area contributed by atoms with E-state index in [2.05, 4.69) is 52.9 Å². The maximum Gasteiger partial charge on any atom is 0.331 e. The van der Waals surface area contributed by atoms with Crippen LogP contribution in [0.4, 0.5) is 0 Å². The molecular weight excluding hydrogens is 440 g/mol. The summed E-state index contributed by atoms with van der Waals surface area (Å²) in [5, 5.41) is 7.43. The molecule has 0 heterocycles. The van der Waals surface area contributed by atoms with E-state index in [0.29, 0.717) is 0 Å². The number of hydrogen-bond acceptors (Lipinski definition) is 4. The molecule has 0 bridgehead atoms. The van der Waals surface area contributed by atoms with Crippen LogP contribution in [0.3, 0.4) is 0 Å². The number of carbonyl (C=O) groups excluding carboxylic acids is 2. The summed E-state index contributed by atoms with van der Waals surface area (Å²) in [6.45, 7) is 0. The van der Waals surface area contributed by atoms with Gasteiger partial charge in [-0.25, -0.2) is 10.9 Å². The lowest BCUT2D eigenvalue weighted by Crippen LogP contribution is -2.35. The fraction of sp³-hybridized carbons (Fsp3) is 0. The maximum atomic E-state index is 11.6. The van der Waals surface area contributed by atoms with Crippen LogP contribution in [0.25, 0.3) is 0 Å². The van der Waals surface area contributed by atoms with E-state index in [1.165, 1.54) is 12.4 Å². The van der Waals surface area contributed by atoms with Crippen LogP contribution in [0.1, 0.15) is 11.1 Å². The largest absolute Gasteiger partial charge is 0.331 e. The monoisotopic (exact) mass is 450 g/mol. The van der Waals surface area contributed by atoms with Crippen molar-refractivity contribution < 1.29 is 9.59 Å². The summed E-state index contributed by atoms with van der Waals surface area (Å²) in [6, 6.07) is 14.6. The molecule has 0 unspecified atom stereocenters. The van der Waals surface area contributed by atoms with Crippen molar-refractivity contribution >= 4 is 56.1 Å². The van der Waals surface area contributed by atoms with Crippen molar-refractivity contribution in [1.29, 1.82) is 0 Å². The van der Waals surface area contributed by atoms with Crippen molar-refractivity contribution in [3.8, 4) is 0 Å². The molecule has 2 aromatic rings. The molecule has 0 aliphatic heterocycles. The lowest BCUT2D eigenvalue weighted by atomic mass is 10.2. The minimum absolute atomic E-state index is 0.776. The number of nitrogens with one attached hydrogen (secondary N) is 2. The Balaban J connectivity index is 1.83. The predicted molar refractivity (Wildman–Crippen MR) is 99.8 cm³/mol. The molecule has 0 fully saturated rings. The Labute approximate surface area is 155 Å². The molecule has 2 N–H and O–H groups in total. The van der Waals surface area contributed by atoms with Crippen LogP contribution < -0.4 is 10.9 Å². The Hall–Kier alpha value is -2.32. The van der Waals surface area contributed by atoms with E-state index >= 15 is 0 Å². The van der Waals surface area contributed by atoms with Crippen LogP contribution >= 0.6 is 31.9 Å². The highest BCUT2D eigenvalue weighted by Crippen LogP contribution is 2.10. The zero-order valence-electron chi connectivity index (χ0n) is 12.2. The Morgan fingerprint density at radius 1 is 0.792 bits per heavy atom. The standard InChI is InChI=1S/C16H12Br2N4O2/c17-13-5-1-3-11(7-13)9-19-21-15(23)16(24)22-20-10-12-4-2-6-14(18)8-12/h1-10H,(H,21,23)(H,22,24)/b19-9-,20-10-. The predicted octanol–water partition coefficient (Wildman–Crippen LogP) is 2.81. The van der Waals surface area contributed by atoms with Crippen LogP contribution in [-0.4, -0.2) is 24.2 Å². The van der Waals surface area contributed by atoms with E-state index in [9.17, 15) is 9.59 Å². The number of benzene rings is 2. The van der Waals surface area contributed by atoms with Gasteiger partial charge in [-0.15, -0.1) is 0 Å². The fourth-order valence-electron chi connectivity index (χ4n) is 1.61. The number of hydrogen-bond donors (Lipinski definition) is 2.